The molecule has 6 nitrogen and oxygen atoms in total. The molecule has 0 saturated heterocycles. The van der Waals surface area contributed by atoms with Gasteiger partial charge < -0.3 is 4.74 Å². The molecule has 0 radical (unpaired) electrons. The number of esters is 1. The van der Waals surface area contributed by atoms with Gasteiger partial charge in [0.15, 0.2) is 0 Å². The molecule has 86 valence electrons. The zero-order valence-corrected chi connectivity index (χ0v) is 9.72. The lowest BCUT2D eigenvalue weighted by Gasteiger charge is -2.16. The monoisotopic (exact) mass is 234 g/mol. The van der Waals surface area contributed by atoms with E-state index in [2.05, 4.69) is 9.46 Å². The van der Waals surface area contributed by atoms with Crippen molar-refractivity contribution < 1.29 is 17.9 Å². The SMILES string of the molecule is COC(=O)CCS(=O)(=O)NC(C)(C)C#N. The van der Waals surface area contributed by atoms with Crippen LogP contribution in [0.4, 0.5) is 0 Å². The van der Waals surface area contributed by atoms with Crippen molar-refractivity contribution in [1.29, 1.82) is 5.26 Å². The number of sulfonamides is 1. The van der Waals surface area contributed by atoms with Crippen molar-refractivity contribution >= 4 is 16.0 Å². The fourth-order valence-corrected chi connectivity index (χ4v) is 2.14. The molecule has 0 aliphatic heterocycles. The van der Waals surface area contributed by atoms with Crippen molar-refractivity contribution in [1.82, 2.24) is 4.72 Å². The minimum absolute atomic E-state index is 0.229. The number of rotatable bonds is 5. The van der Waals surface area contributed by atoms with Crippen LogP contribution in [0.15, 0.2) is 0 Å². The minimum atomic E-state index is -3.63. The zero-order chi connectivity index (χ0) is 12.1. The van der Waals surface area contributed by atoms with Gasteiger partial charge in [0.1, 0.15) is 5.54 Å². The number of carbonyl (C=O) groups excluding carboxylic acids is 1. The van der Waals surface area contributed by atoms with Gasteiger partial charge in [-0.25, -0.2) is 8.42 Å². The molecule has 0 aliphatic rings. The van der Waals surface area contributed by atoms with E-state index in [1.165, 1.54) is 21.0 Å². The molecule has 0 atom stereocenters. The van der Waals surface area contributed by atoms with Crippen LogP contribution in [0.2, 0.25) is 0 Å². The summed E-state index contributed by atoms with van der Waals surface area (Å²) in [5, 5.41) is 8.61. The molecular formula is C8H14N2O4S. The second-order valence-corrected chi connectivity index (χ2v) is 5.33. The average Bonchev–Trinajstić information content (AvgIpc) is 2.13. The van der Waals surface area contributed by atoms with E-state index in [4.69, 9.17) is 5.26 Å². The minimum Gasteiger partial charge on any atom is -0.469 e. The third-order valence-corrected chi connectivity index (χ3v) is 3.06. The Morgan fingerprint density at radius 1 is 1.53 bits per heavy atom. The highest BCUT2D eigenvalue weighted by molar-refractivity contribution is 7.89. The number of hydrogen-bond donors (Lipinski definition) is 1. The van der Waals surface area contributed by atoms with Crippen LogP contribution in [0.3, 0.4) is 0 Å². The summed E-state index contributed by atoms with van der Waals surface area (Å²) >= 11 is 0. The Balaban J connectivity index is 4.35. The lowest BCUT2D eigenvalue weighted by molar-refractivity contribution is -0.140. The normalized spacial score (nSPS) is 11.9. The van der Waals surface area contributed by atoms with Crippen molar-refractivity contribution in [3.05, 3.63) is 0 Å². The van der Waals surface area contributed by atoms with Crippen LogP contribution >= 0.6 is 0 Å². The lowest BCUT2D eigenvalue weighted by Crippen LogP contribution is -2.43. The summed E-state index contributed by atoms with van der Waals surface area (Å²) in [5.74, 6) is -0.986. The Morgan fingerprint density at radius 3 is 2.47 bits per heavy atom. The van der Waals surface area contributed by atoms with Gasteiger partial charge in [-0.05, 0) is 13.8 Å². The molecule has 0 heterocycles. The van der Waals surface area contributed by atoms with Gasteiger partial charge in [-0.3, -0.25) is 4.79 Å². The van der Waals surface area contributed by atoms with E-state index < -0.39 is 21.5 Å². The summed E-state index contributed by atoms with van der Waals surface area (Å²) in [5.41, 5.74) is -1.17. The molecule has 7 heteroatoms. The van der Waals surface area contributed by atoms with Crippen LogP contribution in [-0.4, -0.2) is 32.8 Å². The first-order chi connectivity index (χ1) is 6.72. The first-order valence-corrected chi connectivity index (χ1v) is 5.87. The number of nitrogens with zero attached hydrogens (tertiary/aromatic N) is 1. The predicted molar refractivity (Wildman–Crippen MR) is 53.2 cm³/mol. The van der Waals surface area contributed by atoms with Crippen molar-refractivity contribution in [3.8, 4) is 6.07 Å². The summed E-state index contributed by atoms with van der Waals surface area (Å²) in [6, 6.07) is 1.79. The molecule has 0 aromatic rings. The van der Waals surface area contributed by atoms with Gasteiger partial charge in [0, 0.05) is 0 Å². The third kappa shape index (κ3) is 6.04. The van der Waals surface area contributed by atoms with Gasteiger partial charge in [0.05, 0.1) is 25.4 Å². The van der Waals surface area contributed by atoms with Crippen LogP contribution in [0.1, 0.15) is 20.3 Å². The maximum atomic E-state index is 11.4. The van der Waals surface area contributed by atoms with Gasteiger partial charge in [0.25, 0.3) is 0 Å². The smallest absolute Gasteiger partial charge is 0.306 e. The molecule has 0 saturated carbocycles. The molecule has 0 fully saturated rings. The van der Waals surface area contributed by atoms with Crippen molar-refractivity contribution in [2.45, 2.75) is 25.8 Å². The highest BCUT2D eigenvalue weighted by atomic mass is 32.2. The van der Waals surface area contributed by atoms with E-state index in [9.17, 15) is 13.2 Å². The largest absolute Gasteiger partial charge is 0.469 e. The van der Waals surface area contributed by atoms with E-state index >= 15 is 0 Å². The maximum absolute atomic E-state index is 11.4. The van der Waals surface area contributed by atoms with Gasteiger partial charge in [-0.15, -0.1) is 0 Å². The summed E-state index contributed by atoms with van der Waals surface area (Å²) in [6.45, 7) is 2.87. The van der Waals surface area contributed by atoms with Crippen LogP contribution in [0.25, 0.3) is 0 Å². The first-order valence-electron chi connectivity index (χ1n) is 4.22. The number of ether oxygens (including phenoxy) is 1. The highest BCUT2D eigenvalue weighted by Crippen LogP contribution is 2.03. The highest BCUT2D eigenvalue weighted by Gasteiger charge is 2.24. The molecule has 15 heavy (non-hydrogen) atoms. The second kappa shape index (κ2) is 5.09. The number of carbonyl (C=O) groups is 1. The molecule has 0 unspecified atom stereocenters. The fraction of sp³-hybridized carbons (Fsp3) is 0.750. The van der Waals surface area contributed by atoms with E-state index in [-0.39, 0.29) is 12.2 Å². The molecule has 0 rings (SSSR count). The quantitative estimate of drug-likeness (QED) is 0.663. The molecule has 1 N–H and O–H groups in total. The second-order valence-electron chi connectivity index (χ2n) is 3.48. The topological polar surface area (TPSA) is 96.3 Å². The molecule has 0 amide bonds. The third-order valence-electron chi connectivity index (χ3n) is 1.49. The average molecular weight is 234 g/mol. The van der Waals surface area contributed by atoms with E-state index in [0.717, 1.165) is 0 Å². The van der Waals surface area contributed by atoms with Gasteiger partial charge in [-0.1, -0.05) is 0 Å². The fourth-order valence-electron chi connectivity index (χ4n) is 0.782. The first kappa shape index (κ1) is 13.9. The molecular weight excluding hydrogens is 220 g/mol. The summed E-state index contributed by atoms with van der Waals surface area (Å²) in [4.78, 5) is 10.7. The van der Waals surface area contributed by atoms with Crippen molar-refractivity contribution in [3.63, 3.8) is 0 Å². The zero-order valence-electron chi connectivity index (χ0n) is 8.90. The lowest BCUT2D eigenvalue weighted by atomic mass is 10.1. The Labute approximate surface area is 89.3 Å². The predicted octanol–water partition coefficient (Wildman–Crippen LogP) is -0.229. The van der Waals surface area contributed by atoms with Gasteiger partial charge in [-0.2, -0.15) is 9.98 Å². The van der Waals surface area contributed by atoms with Gasteiger partial charge in [0.2, 0.25) is 10.0 Å². The Kier molecular flexibility index (Phi) is 4.71. The maximum Gasteiger partial charge on any atom is 0.306 e. The van der Waals surface area contributed by atoms with Gasteiger partial charge >= 0.3 is 5.97 Å². The van der Waals surface area contributed by atoms with E-state index in [1.54, 1.807) is 6.07 Å². The van der Waals surface area contributed by atoms with Crippen molar-refractivity contribution in [2.75, 3.05) is 12.9 Å². The molecule has 0 aliphatic carbocycles. The Hall–Kier alpha value is -1.13. The number of nitriles is 1. The summed E-state index contributed by atoms with van der Waals surface area (Å²) in [6.07, 6.45) is -0.229. The Bertz CT molecular complexity index is 367. The van der Waals surface area contributed by atoms with E-state index in [1.807, 2.05) is 0 Å². The summed E-state index contributed by atoms with van der Waals surface area (Å²) < 4.78 is 29.2. The van der Waals surface area contributed by atoms with Crippen LogP contribution in [-0.2, 0) is 19.6 Å². The van der Waals surface area contributed by atoms with Crippen molar-refractivity contribution in [2.24, 2.45) is 0 Å². The molecule has 0 bridgehead atoms. The Morgan fingerprint density at radius 2 is 2.07 bits per heavy atom. The summed E-state index contributed by atoms with van der Waals surface area (Å²) in [7, 11) is -2.45. The number of methoxy groups -OCH3 is 1. The molecule has 0 spiro atoms. The van der Waals surface area contributed by atoms with Crippen LogP contribution in [0, 0.1) is 11.3 Å². The van der Waals surface area contributed by atoms with Crippen LogP contribution < -0.4 is 4.72 Å². The van der Waals surface area contributed by atoms with E-state index in [0.29, 0.717) is 0 Å². The number of hydrogen-bond acceptors (Lipinski definition) is 5. The molecule has 0 aromatic heterocycles. The van der Waals surface area contributed by atoms with Crippen LogP contribution in [0.5, 0.6) is 0 Å². The molecule has 0 aromatic carbocycles. The standard InChI is InChI=1S/C8H14N2O4S/c1-8(2,6-9)10-15(12,13)5-4-7(11)14-3/h10H,4-5H2,1-3H3. The number of nitrogens with one attached hydrogen (secondary N) is 1.